The summed E-state index contributed by atoms with van der Waals surface area (Å²) in [6, 6.07) is 6.26. The van der Waals surface area contributed by atoms with Gasteiger partial charge in [0, 0.05) is 11.9 Å². The molecule has 2 aromatic carbocycles. The maximum absolute atomic E-state index is 13.9. The third-order valence-electron chi connectivity index (χ3n) is 2.80. The molecule has 0 spiro atoms. The summed E-state index contributed by atoms with van der Waals surface area (Å²) in [6.07, 6.45) is 0. The van der Waals surface area contributed by atoms with E-state index in [1.54, 1.807) is 13.0 Å². The molecule has 0 saturated heterocycles. The molecule has 0 amide bonds. The van der Waals surface area contributed by atoms with Crippen LogP contribution in [-0.4, -0.2) is 4.92 Å². The number of aryl methyl sites for hydroxylation is 1. The predicted molar refractivity (Wildman–Crippen MR) is 73.8 cm³/mol. The molecule has 0 aliphatic heterocycles. The topological polar surface area (TPSA) is 52.4 Å². The molecule has 4 nitrogen and oxygen atoms in total. The van der Waals surface area contributed by atoms with Crippen LogP contribution in [0.4, 0.5) is 14.5 Å². The minimum absolute atomic E-state index is 0.0569. The maximum Gasteiger partial charge on any atom is 0.311 e. The quantitative estimate of drug-likeness (QED) is 0.466. The predicted octanol–water partition coefficient (Wildman–Crippen LogP) is 4.71. The first-order valence-corrected chi connectivity index (χ1v) is 6.43. The van der Waals surface area contributed by atoms with Gasteiger partial charge in [0.05, 0.1) is 4.92 Å². The zero-order chi connectivity index (χ0) is 15.6. The zero-order valence-corrected chi connectivity index (χ0v) is 11.7. The lowest BCUT2D eigenvalue weighted by atomic mass is 10.2. The highest BCUT2D eigenvalue weighted by molar-refractivity contribution is 6.17. The molecule has 110 valence electrons. The molecule has 0 saturated carbocycles. The van der Waals surface area contributed by atoms with E-state index in [0.29, 0.717) is 5.56 Å². The van der Waals surface area contributed by atoms with Gasteiger partial charge in [-0.2, -0.15) is 0 Å². The molecule has 0 fully saturated rings. The van der Waals surface area contributed by atoms with Gasteiger partial charge >= 0.3 is 5.69 Å². The fourth-order valence-electron chi connectivity index (χ4n) is 1.80. The number of hydrogen-bond donors (Lipinski definition) is 0. The standard InChI is InChI=1S/C14H10ClF2NO3/c1-8-3-2-4-12(18(19)20)13(8)21-14-10(16)5-9(7-15)6-11(14)17/h2-6H,7H2,1H3. The van der Waals surface area contributed by atoms with Gasteiger partial charge in [-0.25, -0.2) is 8.78 Å². The Balaban J connectivity index is 2.51. The van der Waals surface area contributed by atoms with Crippen LogP contribution in [0.3, 0.4) is 0 Å². The Morgan fingerprint density at radius 1 is 1.24 bits per heavy atom. The minimum atomic E-state index is -0.969. The van der Waals surface area contributed by atoms with Crippen LogP contribution < -0.4 is 4.74 Å². The van der Waals surface area contributed by atoms with Crippen molar-refractivity contribution >= 4 is 17.3 Å². The number of nitro benzene ring substituents is 1. The van der Waals surface area contributed by atoms with Gasteiger partial charge in [-0.05, 0) is 30.2 Å². The van der Waals surface area contributed by atoms with Crippen LogP contribution in [0.15, 0.2) is 30.3 Å². The number of benzene rings is 2. The molecule has 0 radical (unpaired) electrons. The molecule has 0 aromatic heterocycles. The Kier molecular flexibility index (Phi) is 4.37. The second-order valence-electron chi connectivity index (χ2n) is 4.30. The lowest BCUT2D eigenvalue weighted by Crippen LogP contribution is -1.99. The van der Waals surface area contributed by atoms with Crippen molar-refractivity contribution in [2.75, 3.05) is 0 Å². The molecule has 2 rings (SSSR count). The van der Waals surface area contributed by atoms with Crippen molar-refractivity contribution in [3.8, 4) is 11.5 Å². The van der Waals surface area contributed by atoms with E-state index in [4.69, 9.17) is 16.3 Å². The summed E-state index contributed by atoms with van der Waals surface area (Å²) in [6.45, 7) is 1.55. The molecule has 0 bridgehead atoms. The molecule has 0 aliphatic rings. The summed E-state index contributed by atoms with van der Waals surface area (Å²) in [5.41, 5.74) is 0.276. The molecule has 2 aromatic rings. The Morgan fingerprint density at radius 3 is 2.38 bits per heavy atom. The molecule has 21 heavy (non-hydrogen) atoms. The van der Waals surface area contributed by atoms with E-state index >= 15 is 0 Å². The van der Waals surface area contributed by atoms with Gasteiger partial charge in [0.15, 0.2) is 17.4 Å². The van der Waals surface area contributed by atoms with E-state index in [-0.39, 0.29) is 22.9 Å². The Bertz CT molecular complexity index is 684. The summed E-state index contributed by atoms with van der Waals surface area (Å²) in [7, 11) is 0. The molecular formula is C14H10ClF2NO3. The summed E-state index contributed by atoms with van der Waals surface area (Å²) in [5, 5.41) is 11.0. The summed E-state index contributed by atoms with van der Waals surface area (Å²) < 4.78 is 32.8. The number of para-hydroxylation sites is 1. The first kappa shape index (κ1) is 15.2. The monoisotopic (exact) mass is 313 g/mol. The second kappa shape index (κ2) is 6.05. The number of nitrogens with zero attached hydrogens (tertiary/aromatic N) is 1. The fraction of sp³-hybridized carbons (Fsp3) is 0.143. The number of nitro groups is 1. The van der Waals surface area contributed by atoms with Crippen molar-refractivity contribution in [1.82, 2.24) is 0 Å². The van der Waals surface area contributed by atoms with Crippen LogP contribution in [0.2, 0.25) is 0 Å². The van der Waals surface area contributed by atoms with Crippen molar-refractivity contribution in [3.05, 3.63) is 63.2 Å². The van der Waals surface area contributed by atoms with Gasteiger partial charge in [-0.3, -0.25) is 10.1 Å². The van der Waals surface area contributed by atoms with Crippen molar-refractivity contribution in [3.63, 3.8) is 0 Å². The summed E-state index contributed by atoms with van der Waals surface area (Å²) in [4.78, 5) is 10.3. The average Bonchev–Trinajstić information content (AvgIpc) is 2.43. The van der Waals surface area contributed by atoms with E-state index < -0.39 is 22.3 Å². The lowest BCUT2D eigenvalue weighted by Gasteiger charge is -2.11. The van der Waals surface area contributed by atoms with Crippen molar-refractivity contribution < 1.29 is 18.4 Å². The molecule has 7 heteroatoms. The average molecular weight is 314 g/mol. The van der Waals surface area contributed by atoms with E-state index in [0.717, 1.165) is 12.1 Å². The van der Waals surface area contributed by atoms with E-state index in [2.05, 4.69) is 0 Å². The number of rotatable bonds is 4. The number of ether oxygens (including phenoxy) is 1. The van der Waals surface area contributed by atoms with Gasteiger partial charge in [-0.15, -0.1) is 11.6 Å². The normalized spacial score (nSPS) is 10.5. The molecule has 0 heterocycles. The van der Waals surface area contributed by atoms with Crippen molar-refractivity contribution in [2.45, 2.75) is 12.8 Å². The van der Waals surface area contributed by atoms with Crippen LogP contribution in [0.25, 0.3) is 0 Å². The highest BCUT2D eigenvalue weighted by Gasteiger charge is 2.21. The van der Waals surface area contributed by atoms with Crippen molar-refractivity contribution in [1.29, 1.82) is 0 Å². The summed E-state index contributed by atoms with van der Waals surface area (Å²) in [5.74, 6) is -2.88. The van der Waals surface area contributed by atoms with Crippen molar-refractivity contribution in [2.24, 2.45) is 0 Å². The number of alkyl halides is 1. The third-order valence-corrected chi connectivity index (χ3v) is 3.11. The van der Waals surface area contributed by atoms with Gasteiger partial charge in [0.25, 0.3) is 0 Å². The largest absolute Gasteiger partial charge is 0.444 e. The van der Waals surface area contributed by atoms with Crippen LogP contribution in [0.5, 0.6) is 11.5 Å². The fourth-order valence-corrected chi connectivity index (χ4v) is 1.96. The highest BCUT2D eigenvalue weighted by Crippen LogP contribution is 2.36. The second-order valence-corrected chi connectivity index (χ2v) is 4.57. The smallest absolute Gasteiger partial charge is 0.311 e. The SMILES string of the molecule is Cc1cccc([N+](=O)[O-])c1Oc1c(F)cc(CCl)cc1F. The van der Waals surface area contributed by atoms with E-state index in [1.165, 1.54) is 12.1 Å². The lowest BCUT2D eigenvalue weighted by molar-refractivity contribution is -0.385. The van der Waals surface area contributed by atoms with Crippen LogP contribution in [0, 0.1) is 28.7 Å². The van der Waals surface area contributed by atoms with E-state index in [1.807, 2.05) is 0 Å². The summed E-state index contributed by atoms with van der Waals surface area (Å²) >= 11 is 5.51. The number of hydrogen-bond acceptors (Lipinski definition) is 3. The van der Waals surface area contributed by atoms with Gasteiger partial charge < -0.3 is 4.74 Å². The third kappa shape index (κ3) is 3.11. The molecule has 0 N–H and O–H groups in total. The molecule has 0 atom stereocenters. The van der Waals surface area contributed by atoms with Gasteiger partial charge in [-0.1, -0.05) is 12.1 Å². The van der Waals surface area contributed by atoms with Gasteiger partial charge in [0.1, 0.15) is 0 Å². The number of halogens is 3. The van der Waals surface area contributed by atoms with E-state index in [9.17, 15) is 18.9 Å². The Hall–Kier alpha value is -2.21. The van der Waals surface area contributed by atoms with Crippen LogP contribution in [-0.2, 0) is 5.88 Å². The molecule has 0 unspecified atom stereocenters. The zero-order valence-electron chi connectivity index (χ0n) is 10.9. The Labute approximate surface area is 124 Å². The van der Waals surface area contributed by atoms with Crippen LogP contribution >= 0.6 is 11.6 Å². The Morgan fingerprint density at radius 2 is 1.86 bits per heavy atom. The first-order valence-electron chi connectivity index (χ1n) is 5.89. The molecule has 0 aliphatic carbocycles. The van der Waals surface area contributed by atoms with Crippen LogP contribution in [0.1, 0.15) is 11.1 Å². The van der Waals surface area contributed by atoms with Gasteiger partial charge in [0.2, 0.25) is 5.75 Å². The maximum atomic E-state index is 13.9. The minimum Gasteiger partial charge on any atom is -0.444 e. The molecular weight excluding hydrogens is 304 g/mol. The first-order chi connectivity index (χ1) is 9.93. The highest BCUT2D eigenvalue weighted by atomic mass is 35.5.